The topological polar surface area (TPSA) is 91.0 Å². The van der Waals surface area contributed by atoms with Crippen molar-refractivity contribution in [2.45, 2.75) is 6.92 Å². The molecule has 1 aliphatic heterocycles. The van der Waals surface area contributed by atoms with Crippen LogP contribution in [-0.2, 0) is 9.53 Å². The number of cyclic esters (lactones) is 1. The minimum atomic E-state index is -0.587. The first kappa shape index (κ1) is 15.9. The molecule has 0 amide bonds. The standard InChI is InChI=1S/C16H12N2O5S/c1-9-5-6-24-14(9)8-11-16(19)23-15(17-11)10-3-4-13(22-2)12(7-10)18(20)21/h3-8H,1-2H3. The fourth-order valence-corrected chi connectivity index (χ4v) is 3.01. The molecule has 0 saturated carbocycles. The van der Waals surface area contributed by atoms with Crippen LogP contribution in [0.2, 0.25) is 0 Å². The maximum atomic E-state index is 12.0. The molecule has 1 aromatic heterocycles. The van der Waals surface area contributed by atoms with Gasteiger partial charge >= 0.3 is 11.7 Å². The van der Waals surface area contributed by atoms with Gasteiger partial charge in [0, 0.05) is 16.5 Å². The molecule has 122 valence electrons. The van der Waals surface area contributed by atoms with Gasteiger partial charge in [-0.05, 0) is 42.1 Å². The van der Waals surface area contributed by atoms with Crippen LogP contribution in [0.5, 0.6) is 5.75 Å². The van der Waals surface area contributed by atoms with E-state index >= 15 is 0 Å². The molecule has 0 unspecified atom stereocenters. The summed E-state index contributed by atoms with van der Waals surface area (Å²) < 4.78 is 10.1. The Labute approximate surface area is 141 Å². The number of aryl methyl sites for hydroxylation is 1. The fraction of sp³-hybridized carbons (Fsp3) is 0.125. The summed E-state index contributed by atoms with van der Waals surface area (Å²) in [5.41, 5.74) is 1.31. The van der Waals surface area contributed by atoms with E-state index in [0.29, 0.717) is 5.56 Å². The van der Waals surface area contributed by atoms with Crippen LogP contribution in [0, 0.1) is 17.0 Å². The van der Waals surface area contributed by atoms with E-state index in [9.17, 15) is 14.9 Å². The molecule has 0 atom stereocenters. The second-order valence-electron chi connectivity index (χ2n) is 4.95. The molecule has 2 heterocycles. The number of thiophene rings is 1. The molecule has 7 nitrogen and oxygen atoms in total. The van der Waals surface area contributed by atoms with Crippen LogP contribution in [0.1, 0.15) is 16.0 Å². The molecule has 0 spiro atoms. The van der Waals surface area contributed by atoms with Crippen molar-refractivity contribution in [2.75, 3.05) is 7.11 Å². The molecule has 2 aromatic rings. The third-order valence-corrected chi connectivity index (χ3v) is 4.38. The highest BCUT2D eigenvalue weighted by Crippen LogP contribution is 2.30. The van der Waals surface area contributed by atoms with Gasteiger partial charge in [0.2, 0.25) is 5.90 Å². The summed E-state index contributed by atoms with van der Waals surface area (Å²) in [6.45, 7) is 1.93. The van der Waals surface area contributed by atoms with E-state index in [1.807, 2.05) is 18.4 Å². The largest absolute Gasteiger partial charge is 0.490 e. The third-order valence-electron chi connectivity index (χ3n) is 3.41. The number of nitro groups is 1. The molecule has 0 radical (unpaired) electrons. The summed E-state index contributed by atoms with van der Waals surface area (Å²) in [5.74, 6) is -0.430. The second kappa shape index (κ2) is 6.25. The summed E-state index contributed by atoms with van der Waals surface area (Å²) in [6.07, 6.45) is 1.65. The lowest BCUT2D eigenvalue weighted by molar-refractivity contribution is -0.385. The molecular weight excluding hydrogens is 332 g/mol. The number of methoxy groups -OCH3 is 1. The first-order valence-corrected chi connectivity index (χ1v) is 7.77. The van der Waals surface area contributed by atoms with Gasteiger partial charge in [0.15, 0.2) is 11.4 Å². The number of aliphatic imine (C=N–C) groups is 1. The van der Waals surface area contributed by atoms with Crippen LogP contribution in [-0.4, -0.2) is 23.9 Å². The van der Waals surface area contributed by atoms with Crippen molar-refractivity contribution < 1.29 is 19.2 Å². The number of carbonyl (C=O) groups is 1. The highest BCUT2D eigenvalue weighted by Gasteiger charge is 2.26. The van der Waals surface area contributed by atoms with E-state index in [4.69, 9.17) is 9.47 Å². The highest BCUT2D eigenvalue weighted by molar-refractivity contribution is 7.11. The number of nitrogens with zero attached hydrogens (tertiary/aromatic N) is 2. The third kappa shape index (κ3) is 2.91. The lowest BCUT2D eigenvalue weighted by Crippen LogP contribution is -2.06. The number of carbonyl (C=O) groups excluding carboxylic acids is 1. The number of rotatable bonds is 4. The Hall–Kier alpha value is -3.00. The highest BCUT2D eigenvalue weighted by atomic mass is 32.1. The van der Waals surface area contributed by atoms with Gasteiger partial charge in [-0.25, -0.2) is 9.79 Å². The molecule has 0 saturated heterocycles. The molecule has 8 heteroatoms. The quantitative estimate of drug-likeness (QED) is 0.367. The summed E-state index contributed by atoms with van der Waals surface area (Å²) in [6, 6.07) is 6.20. The average Bonchev–Trinajstić information content (AvgIpc) is 3.13. The monoisotopic (exact) mass is 344 g/mol. The first-order valence-electron chi connectivity index (χ1n) is 6.89. The Morgan fingerprint density at radius 1 is 1.38 bits per heavy atom. The molecule has 0 aliphatic carbocycles. The Morgan fingerprint density at radius 2 is 2.17 bits per heavy atom. The van der Waals surface area contributed by atoms with E-state index < -0.39 is 10.9 Å². The number of nitro benzene ring substituents is 1. The van der Waals surface area contributed by atoms with Gasteiger partial charge < -0.3 is 9.47 Å². The summed E-state index contributed by atoms with van der Waals surface area (Å²) >= 11 is 1.49. The van der Waals surface area contributed by atoms with Gasteiger partial charge in [-0.15, -0.1) is 11.3 Å². The maximum absolute atomic E-state index is 12.0. The second-order valence-corrected chi connectivity index (χ2v) is 5.90. The van der Waals surface area contributed by atoms with Crippen LogP contribution in [0.3, 0.4) is 0 Å². The summed E-state index contributed by atoms with van der Waals surface area (Å²) in [7, 11) is 1.35. The van der Waals surface area contributed by atoms with Crippen LogP contribution in [0.25, 0.3) is 6.08 Å². The lowest BCUT2D eigenvalue weighted by Gasteiger charge is -2.03. The summed E-state index contributed by atoms with van der Waals surface area (Å²) in [5, 5.41) is 13.0. The van der Waals surface area contributed by atoms with E-state index in [0.717, 1.165) is 10.4 Å². The van der Waals surface area contributed by atoms with Crippen molar-refractivity contribution in [3.8, 4) is 5.75 Å². The molecule has 0 bridgehead atoms. The van der Waals surface area contributed by atoms with Gasteiger partial charge in [0.05, 0.1) is 12.0 Å². The van der Waals surface area contributed by atoms with Crippen LogP contribution < -0.4 is 4.74 Å². The molecule has 3 rings (SSSR count). The molecular formula is C16H12N2O5S. The van der Waals surface area contributed by atoms with E-state index in [1.165, 1.54) is 30.6 Å². The number of hydrogen-bond donors (Lipinski definition) is 0. The van der Waals surface area contributed by atoms with Gasteiger partial charge in [-0.2, -0.15) is 0 Å². The number of esters is 1. The Kier molecular flexibility index (Phi) is 4.13. The van der Waals surface area contributed by atoms with Crippen molar-refractivity contribution in [2.24, 2.45) is 4.99 Å². The Bertz CT molecular complexity index is 898. The number of benzene rings is 1. The van der Waals surface area contributed by atoms with Gasteiger partial charge in [0.1, 0.15) is 0 Å². The van der Waals surface area contributed by atoms with E-state index in [-0.39, 0.29) is 23.0 Å². The van der Waals surface area contributed by atoms with Gasteiger partial charge in [-0.1, -0.05) is 0 Å². The number of hydrogen-bond acceptors (Lipinski definition) is 7. The molecule has 0 fully saturated rings. The average molecular weight is 344 g/mol. The minimum absolute atomic E-state index is 0.0335. The van der Waals surface area contributed by atoms with Gasteiger partial charge in [0.25, 0.3) is 0 Å². The van der Waals surface area contributed by atoms with E-state index in [2.05, 4.69) is 4.99 Å². The van der Waals surface area contributed by atoms with Crippen LogP contribution in [0.4, 0.5) is 5.69 Å². The zero-order valence-corrected chi connectivity index (χ0v) is 13.6. The molecule has 0 N–H and O–H groups in total. The van der Waals surface area contributed by atoms with Crippen LogP contribution >= 0.6 is 11.3 Å². The zero-order chi connectivity index (χ0) is 17.3. The van der Waals surface area contributed by atoms with Crippen molar-refractivity contribution in [3.63, 3.8) is 0 Å². The van der Waals surface area contributed by atoms with Crippen molar-refractivity contribution in [1.82, 2.24) is 0 Å². The molecule has 1 aromatic carbocycles. The van der Waals surface area contributed by atoms with Gasteiger partial charge in [-0.3, -0.25) is 10.1 Å². The molecule has 1 aliphatic rings. The lowest BCUT2D eigenvalue weighted by atomic mass is 10.2. The molecule has 24 heavy (non-hydrogen) atoms. The smallest absolute Gasteiger partial charge is 0.363 e. The maximum Gasteiger partial charge on any atom is 0.363 e. The zero-order valence-electron chi connectivity index (χ0n) is 12.8. The summed E-state index contributed by atoms with van der Waals surface area (Å²) in [4.78, 5) is 27.6. The number of ether oxygens (including phenoxy) is 2. The fourth-order valence-electron chi connectivity index (χ4n) is 2.15. The first-order chi connectivity index (χ1) is 11.5. The van der Waals surface area contributed by atoms with Crippen molar-refractivity contribution in [3.05, 3.63) is 61.5 Å². The SMILES string of the molecule is COc1ccc(C2=NC(=Cc3sccc3C)C(=O)O2)cc1[N+](=O)[O-]. The van der Waals surface area contributed by atoms with Crippen LogP contribution in [0.15, 0.2) is 40.3 Å². The Morgan fingerprint density at radius 3 is 2.79 bits per heavy atom. The van der Waals surface area contributed by atoms with Crippen molar-refractivity contribution in [1.29, 1.82) is 0 Å². The Balaban J connectivity index is 1.99. The predicted octanol–water partition coefficient (Wildman–Crippen LogP) is 3.32. The predicted molar refractivity (Wildman–Crippen MR) is 89.3 cm³/mol. The normalized spacial score (nSPS) is 15.3. The van der Waals surface area contributed by atoms with Crippen molar-refractivity contribution >= 4 is 35.0 Å². The van der Waals surface area contributed by atoms with E-state index in [1.54, 1.807) is 12.1 Å². The minimum Gasteiger partial charge on any atom is -0.490 e.